The van der Waals surface area contributed by atoms with Crippen LogP contribution in [0.4, 0.5) is 0 Å². The Hall–Kier alpha value is -1.26. The lowest BCUT2D eigenvalue weighted by Crippen LogP contribution is -2.40. The summed E-state index contributed by atoms with van der Waals surface area (Å²) < 4.78 is 0.680. The highest BCUT2D eigenvalue weighted by molar-refractivity contribution is 14.1. The highest BCUT2D eigenvalue weighted by Crippen LogP contribution is 2.18. The number of carboxylic acid groups (broad SMARTS) is 1. The van der Waals surface area contributed by atoms with Crippen LogP contribution in [0.1, 0.15) is 16.8 Å². The molecule has 1 aromatic carbocycles. The van der Waals surface area contributed by atoms with Gasteiger partial charge in [0.05, 0.1) is 5.56 Å². The molecular formula is C12H9ClINO3. The van der Waals surface area contributed by atoms with E-state index in [-0.39, 0.29) is 6.42 Å². The van der Waals surface area contributed by atoms with Crippen LogP contribution in [0.25, 0.3) is 0 Å². The van der Waals surface area contributed by atoms with Gasteiger partial charge in [-0.05, 0) is 40.8 Å². The second-order valence-corrected chi connectivity index (χ2v) is 5.00. The summed E-state index contributed by atoms with van der Waals surface area (Å²) in [6.07, 6.45) is 4.98. The van der Waals surface area contributed by atoms with Crippen molar-refractivity contribution in [2.75, 3.05) is 0 Å². The van der Waals surface area contributed by atoms with Gasteiger partial charge in [0.15, 0.2) is 0 Å². The van der Waals surface area contributed by atoms with Gasteiger partial charge in [0.1, 0.15) is 6.04 Å². The number of rotatable bonds is 4. The van der Waals surface area contributed by atoms with Crippen LogP contribution in [-0.2, 0) is 4.79 Å². The third kappa shape index (κ3) is 3.89. The first-order valence-corrected chi connectivity index (χ1v) is 6.33. The summed E-state index contributed by atoms with van der Waals surface area (Å²) in [6, 6.07) is 3.70. The number of hydrogen-bond donors (Lipinski definition) is 2. The van der Waals surface area contributed by atoms with Crippen LogP contribution in [0, 0.1) is 15.9 Å². The minimum absolute atomic E-state index is 0.0712. The number of benzene rings is 1. The van der Waals surface area contributed by atoms with Gasteiger partial charge in [0.25, 0.3) is 5.91 Å². The molecule has 0 fully saturated rings. The predicted molar refractivity (Wildman–Crippen MR) is 76.5 cm³/mol. The Morgan fingerprint density at radius 1 is 1.56 bits per heavy atom. The van der Waals surface area contributed by atoms with E-state index in [1.807, 2.05) is 22.6 Å². The number of nitrogens with one attached hydrogen (secondary N) is 1. The minimum Gasteiger partial charge on any atom is -0.480 e. The molecule has 0 aliphatic heterocycles. The van der Waals surface area contributed by atoms with Gasteiger partial charge >= 0.3 is 5.97 Å². The fourth-order valence-electron chi connectivity index (χ4n) is 1.23. The normalized spacial score (nSPS) is 11.4. The number of carbonyl (C=O) groups is 2. The molecule has 0 saturated carbocycles. The lowest BCUT2D eigenvalue weighted by molar-refractivity contribution is -0.139. The van der Waals surface area contributed by atoms with Crippen molar-refractivity contribution in [1.82, 2.24) is 5.32 Å². The van der Waals surface area contributed by atoms with Crippen LogP contribution >= 0.6 is 34.2 Å². The third-order valence-electron chi connectivity index (χ3n) is 2.10. The summed E-state index contributed by atoms with van der Waals surface area (Å²) in [5, 5.41) is 11.6. The molecule has 1 atom stereocenters. The number of halogens is 2. The Morgan fingerprint density at radius 3 is 2.78 bits per heavy atom. The van der Waals surface area contributed by atoms with E-state index >= 15 is 0 Å². The third-order valence-corrected chi connectivity index (χ3v) is 3.27. The van der Waals surface area contributed by atoms with Gasteiger partial charge in [0.2, 0.25) is 0 Å². The van der Waals surface area contributed by atoms with E-state index in [0.29, 0.717) is 14.2 Å². The predicted octanol–water partition coefficient (Wildman–Crippen LogP) is 2.15. The van der Waals surface area contributed by atoms with Crippen molar-refractivity contribution < 1.29 is 14.7 Å². The molecule has 0 saturated heterocycles. The lowest BCUT2D eigenvalue weighted by Gasteiger charge is -2.12. The highest BCUT2D eigenvalue weighted by atomic mass is 127. The second kappa shape index (κ2) is 6.61. The highest BCUT2D eigenvalue weighted by Gasteiger charge is 2.20. The summed E-state index contributed by atoms with van der Waals surface area (Å²) >= 11 is 7.76. The van der Waals surface area contributed by atoms with Gasteiger partial charge in [-0.2, -0.15) is 0 Å². The Kier molecular flexibility index (Phi) is 5.44. The maximum absolute atomic E-state index is 11.9. The van der Waals surface area contributed by atoms with Gasteiger partial charge in [-0.1, -0.05) is 11.6 Å². The second-order valence-electron chi connectivity index (χ2n) is 3.40. The van der Waals surface area contributed by atoms with Crippen molar-refractivity contribution in [3.63, 3.8) is 0 Å². The molecule has 1 aromatic rings. The monoisotopic (exact) mass is 377 g/mol. The van der Waals surface area contributed by atoms with Crippen molar-refractivity contribution >= 4 is 46.1 Å². The number of aliphatic carboxylic acids is 1. The SMILES string of the molecule is C#CCC(NC(=O)c1cc(Cl)ccc1I)C(=O)O. The van der Waals surface area contributed by atoms with Crippen LogP contribution < -0.4 is 5.32 Å². The average molecular weight is 378 g/mol. The zero-order valence-corrected chi connectivity index (χ0v) is 12.0. The quantitative estimate of drug-likeness (QED) is 0.624. The van der Waals surface area contributed by atoms with Crippen molar-refractivity contribution in [3.8, 4) is 12.3 Å². The maximum atomic E-state index is 11.9. The molecular weight excluding hydrogens is 368 g/mol. The molecule has 0 aliphatic carbocycles. The van der Waals surface area contributed by atoms with Crippen LogP contribution in [0.15, 0.2) is 18.2 Å². The fourth-order valence-corrected chi connectivity index (χ4v) is 1.98. The number of hydrogen-bond acceptors (Lipinski definition) is 2. The number of carboxylic acids is 1. The Labute approximate surface area is 123 Å². The van der Waals surface area contributed by atoms with E-state index in [1.54, 1.807) is 12.1 Å². The summed E-state index contributed by atoms with van der Waals surface area (Å²) in [6.45, 7) is 0. The van der Waals surface area contributed by atoms with E-state index in [9.17, 15) is 9.59 Å². The molecule has 1 amide bonds. The standard InChI is InChI=1S/C12H9ClINO3/c1-2-3-10(12(17)18)15-11(16)8-6-7(13)4-5-9(8)14/h1,4-6,10H,3H2,(H,15,16)(H,17,18). The van der Waals surface area contributed by atoms with E-state index in [2.05, 4.69) is 11.2 Å². The minimum atomic E-state index is -1.17. The molecule has 2 N–H and O–H groups in total. The Morgan fingerprint density at radius 2 is 2.22 bits per heavy atom. The number of amides is 1. The molecule has 4 nitrogen and oxygen atoms in total. The molecule has 0 aromatic heterocycles. The summed E-state index contributed by atoms with van der Waals surface area (Å²) in [7, 11) is 0. The molecule has 1 rings (SSSR count). The van der Waals surface area contributed by atoms with Crippen LogP contribution in [0.2, 0.25) is 5.02 Å². The van der Waals surface area contributed by atoms with Crippen LogP contribution in [-0.4, -0.2) is 23.0 Å². The van der Waals surface area contributed by atoms with E-state index in [4.69, 9.17) is 23.1 Å². The van der Waals surface area contributed by atoms with Gasteiger partial charge in [-0.15, -0.1) is 12.3 Å². The zero-order chi connectivity index (χ0) is 13.7. The van der Waals surface area contributed by atoms with E-state index < -0.39 is 17.9 Å². The molecule has 0 bridgehead atoms. The Bertz CT molecular complexity index is 525. The molecule has 0 radical (unpaired) electrons. The molecule has 18 heavy (non-hydrogen) atoms. The Balaban J connectivity index is 2.91. The fraction of sp³-hybridized carbons (Fsp3) is 0.167. The average Bonchev–Trinajstić information content (AvgIpc) is 2.31. The molecule has 94 valence electrons. The van der Waals surface area contributed by atoms with Gasteiger partial charge in [-0.3, -0.25) is 4.79 Å². The van der Waals surface area contributed by atoms with Gasteiger partial charge < -0.3 is 10.4 Å². The lowest BCUT2D eigenvalue weighted by atomic mass is 10.1. The van der Waals surface area contributed by atoms with Gasteiger partial charge in [-0.25, -0.2) is 4.79 Å². The summed E-state index contributed by atoms with van der Waals surface area (Å²) in [5.74, 6) is 0.531. The van der Waals surface area contributed by atoms with E-state index in [0.717, 1.165) is 0 Å². The largest absolute Gasteiger partial charge is 0.480 e. The van der Waals surface area contributed by atoms with Crippen molar-refractivity contribution in [2.24, 2.45) is 0 Å². The zero-order valence-electron chi connectivity index (χ0n) is 9.11. The first-order chi connectivity index (χ1) is 8.45. The molecule has 0 aliphatic rings. The van der Waals surface area contributed by atoms with E-state index in [1.165, 1.54) is 6.07 Å². The first kappa shape index (κ1) is 14.8. The molecule has 1 unspecified atom stereocenters. The summed E-state index contributed by atoms with van der Waals surface area (Å²) in [4.78, 5) is 22.8. The van der Waals surface area contributed by atoms with Crippen molar-refractivity contribution in [3.05, 3.63) is 32.4 Å². The smallest absolute Gasteiger partial charge is 0.327 e. The van der Waals surface area contributed by atoms with Crippen molar-refractivity contribution in [2.45, 2.75) is 12.5 Å². The van der Waals surface area contributed by atoms with Crippen LogP contribution in [0.5, 0.6) is 0 Å². The number of carbonyl (C=O) groups excluding carboxylic acids is 1. The first-order valence-electron chi connectivity index (χ1n) is 4.88. The van der Waals surface area contributed by atoms with Gasteiger partial charge in [0, 0.05) is 15.0 Å². The van der Waals surface area contributed by atoms with Crippen molar-refractivity contribution in [1.29, 1.82) is 0 Å². The molecule has 0 heterocycles. The molecule has 0 spiro atoms. The van der Waals surface area contributed by atoms with Crippen LogP contribution in [0.3, 0.4) is 0 Å². The number of terminal acetylenes is 1. The summed E-state index contributed by atoms with van der Waals surface area (Å²) in [5.41, 5.74) is 0.325. The topological polar surface area (TPSA) is 66.4 Å². The maximum Gasteiger partial charge on any atom is 0.327 e. The molecule has 6 heteroatoms.